The highest BCUT2D eigenvalue weighted by Crippen LogP contribution is 2.35. The predicted molar refractivity (Wildman–Crippen MR) is 79.8 cm³/mol. The molecule has 1 aromatic rings. The molecule has 0 aromatic heterocycles. The molecular weight excluding hydrogens is 278 g/mol. The van der Waals surface area contributed by atoms with E-state index in [4.69, 9.17) is 31.5 Å². The molecule has 2 rings (SSSR count). The van der Waals surface area contributed by atoms with Crippen molar-refractivity contribution in [3.8, 4) is 11.5 Å². The standard InChI is InChI=1S/C15H22ClNO3/c1-10(17)6-11-7-12(16)8-14(18-2)15(11)20-9-13-4-3-5-19-13/h7-8,10,13H,3-6,9,17H2,1-2H3. The van der Waals surface area contributed by atoms with E-state index in [1.165, 1.54) is 0 Å². The van der Waals surface area contributed by atoms with Crippen LogP contribution in [-0.2, 0) is 11.2 Å². The summed E-state index contributed by atoms with van der Waals surface area (Å²) >= 11 is 6.11. The van der Waals surface area contributed by atoms with Crippen molar-refractivity contribution in [1.82, 2.24) is 0 Å². The second kappa shape index (κ2) is 7.16. The van der Waals surface area contributed by atoms with Gasteiger partial charge in [0, 0.05) is 29.3 Å². The second-order valence-corrected chi connectivity index (χ2v) is 5.66. The molecule has 1 fully saturated rings. The molecule has 2 unspecified atom stereocenters. The van der Waals surface area contributed by atoms with Gasteiger partial charge in [-0.1, -0.05) is 11.6 Å². The first kappa shape index (κ1) is 15.4. The zero-order valence-electron chi connectivity index (χ0n) is 12.0. The molecule has 0 radical (unpaired) electrons. The monoisotopic (exact) mass is 299 g/mol. The third-order valence-electron chi connectivity index (χ3n) is 3.30. The smallest absolute Gasteiger partial charge is 0.164 e. The van der Waals surface area contributed by atoms with Gasteiger partial charge in [0.2, 0.25) is 0 Å². The van der Waals surface area contributed by atoms with Crippen molar-refractivity contribution in [2.45, 2.75) is 38.3 Å². The maximum absolute atomic E-state index is 6.11. The summed E-state index contributed by atoms with van der Waals surface area (Å²) in [5.41, 5.74) is 6.86. The van der Waals surface area contributed by atoms with E-state index in [2.05, 4.69) is 0 Å². The largest absolute Gasteiger partial charge is 0.493 e. The van der Waals surface area contributed by atoms with Gasteiger partial charge in [0.1, 0.15) is 6.61 Å². The number of benzene rings is 1. The Labute approximate surface area is 125 Å². The van der Waals surface area contributed by atoms with Crippen LogP contribution in [0.1, 0.15) is 25.3 Å². The third-order valence-corrected chi connectivity index (χ3v) is 3.51. The maximum atomic E-state index is 6.11. The van der Waals surface area contributed by atoms with E-state index in [1.807, 2.05) is 13.0 Å². The van der Waals surface area contributed by atoms with Gasteiger partial charge in [0.15, 0.2) is 11.5 Å². The van der Waals surface area contributed by atoms with Crippen LogP contribution in [0.15, 0.2) is 12.1 Å². The molecule has 1 aliphatic rings. The van der Waals surface area contributed by atoms with E-state index in [9.17, 15) is 0 Å². The number of hydrogen-bond donors (Lipinski definition) is 1. The quantitative estimate of drug-likeness (QED) is 0.877. The van der Waals surface area contributed by atoms with E-state index in [1.54, 1.807) is 13.2 Å². The number of hydrogen-bond acceptors (Lipinski definition) is 4. The summed E-state index contributed by atoms with van der Waals surface area (Å²) in [7, 11) is 1.61. The minimum absolute atomic E-state index is 0.0308. The Morgan fingerprint density at radius 1 is 1.50 bits per heavy atom. The molecule has 0 amide bonds. The zero-order valence-corrected chi connectivity index (χ0v) is 12.8. The third kappa shape index (κ3) is 4.01. The van der Waals surface area contributed by atoms with E-state index >= 15 is 0 Å². The van der Waals surface area contributed by atoms with Crippen LogP contribution in [0.2, 0.25) is 5.02 Å². The van der Waals surface area contributed by atoms with Gasteiger partial charge in [0.05, 0.1) is 13.2 Å². The summed E-state index contributed by atoms with van der Waals surface area (Å²) in [4.78, 5) is 0. The molecule has 20 heavy (non-hydrogen) atoms. The van der Waals surface area contributed by atoms with Gasteiger partial charge in [-0.25, -0.2) is 0 Å². The fourth-order valence-electron chi connectivity index (χ4n) is 2.39. The number of nitrogens with two attached hydrogens (primary N) is 1. The minimum Gasteiger partial charge on any atom is -0.493 e. The van der Waals surface area contributed by atoms with Gasteiger partial charge in [-0.05, 0) is 32.3 Å². The lowest BCUT2D eigenvalue weighted by molar-refractivity contribution is 0.0666. The Morgan fingerprint density at radius 3 is 2.90 bits per heavy atom. The summed E-state index contributed by atoms with van der Waals surface area (Å²) in [6, 6.07) is 3.68. The number of rotatable bonds is 6. The summed E-state index contributed by atoms with van der Waals surface area (Å²) in [5.74, 6) is 1.37. The van der Waals surface area contributed by atoms with Gasteiger partial charge < -0.3 is 19.9 Å². The summed E-state index contributed by atoms with van der Waals surface area (Å²) in [5, 5.41) is 0.627. The number of ether oxygens (including phenoxy) is 3. The van der Waals surface area contributed by atoms with Crippen LogP contribution in [0, 0.1) is 0 Å². The van der Waals surface area contributed by atoms with Crippen LogP contribution in [0.4, 0.5) is 0 Å². The van der Waals surface area contributed by atoms with E-state index < -0.39 is 0 Å². The molecule has 1 heterocycles. The molecule has 0 bridgehead atoms. The minimum atomic E-state index is 0.0308. The highest BCUT2D eigenvalue weighted by Gasteiger charge is 2.19. The van der Waals surface area contributed by atoms with Crippen molar-refractivity contribution in [3.63, 3.8) is 0 Å². The molecule has 2 atom stereocenters. The molecule has 0 aliphatic carbocycles. The van der Waals surface area contributed by atoms with Gasteiger partial charge in [0.25, 0.3) is 0 Å². The second-order valence-electron chi connectivity index (χ2n) is 5.22. The molecular formula is C15H22ClNO3. The fourth-order valence-corrected chi connectivity index (χ4v) is 2.62. The summed E-state index contributed by atoms with van der Waals surface area (Å²) < 4.78 is 16.9. The van der Waals surface area contributed by atoms with Crippen LogP contribution < -0.4 is 15.2 Å². The SMILES string of the molecule is COc1cc(Cl)cc(CC(C)N)c1OCC1CCCO1. The van der Waals surface area contributed by atoms with E-state index in [0.29, 0.717) is 23.8 Å². The first-order valence-corrected chi connectivity index (χ1v) is 7.34. The van der Waals surface area contributed by atoms with Crippen molar-refractivity contribution < 1.29 is 14.2 Å². The van der Waals surface area contributed by atoms with Crippen LogP contribution in [0.3, 0.4) is 0 Å². The molecule has 2 N–H and O–H groups in total. The lowest BCUT2D eigenvalue weighted by Gasteiger charge is -2.18. The fraction of sp³-hybridized carbons (Fsp3) is 0.600. The van der Waals surface area contributed by atoms with Crippen molar-refractivity contribution >= 4 is 11.6 Å². The van der Waals surface area contributed by atoms with Crippen molar-refractivity contribution in [2.75, 3.05) is 20.3 Å². The van der Waals surface area contributed by atoms with Gasteiger partial charge in [-0.15, -0.1) is 0 Å². The Morgan fingerprint density at radius 2 is 2.30 bits per heavy atom. The predicted octanol–water partition coefficient (Wildman–Crippen LogP) is 2.80. The number of halogens is 1. The molecule has 1 saturated heterocycles. The van der Waals surface area contributed by atoms with Crippen LogP contribution in [-0.4, -0.2) is 32.5 Å². The summed E-state index contributed by atoms with van der Waals surface area (Å²) in [6.45, 7) is 3.31. The normalized spacial score (nSPS) is 19.9. The highest BCUT2D eigenvalue weighted by atomic mass is 35.5. The molecule has 0 spiro atoms. The van der Waals surface area contributed by atoms with E-state index in [-0.39, 0.29) is 12.1 Å². The molecule has 112 valence electrons. The zero-order chi connectivity index (χ0) is 14.5. The summed E-state index contributed by atoms with van der Waals surface area (Å²) in [6.07, 6.45) is 2.99. The average molecular weight is 300 g/mol. The Kier molecular flexibility index (Phi) is 5.52. The van der Waals surface area contributed by atoms with Crippen molar-refractivity contribution in [2.24, 2.45) is 5.73 Å². The lowest BCUT2D eigenvalue weighted by Crippen LogP contribution is -2.20. The Balaban J connectivity index is 2.17. The topological polar surface area (TPSA) is 53.7 Å². The van der Waals surface area contributed by atoms with E-state index in [0.717, 1.165) is 30.8 Å². The maximum Gasteiger partial charge on any atom is 0.164 e. The van der Waals surface area contributed by atoms with Crippen LogP contribution in [0.25, 0.3) is 0 Å². The molecule has 0 saturated carbocycles. The Bertz CT molecular complexity index is 445. The van der Waals surface area contributed by atoms with Gasteiger partial charge in [-0.2, -0.15) is 0 Å². The highest BCUT2D eigenvalue weighted by molar-refractivity contribution is 6.30. The first-order valence-electron chi connectivity index (χ1n) is 6.96. The van der Waals surface area contributed by atoms with Crippen molar-refractivity contribution in [3.05, 3.63) is 22.7 Å². The molecule has 1 aromatic carbocycles. The van der Waals surface area contributed by atoms with Gasteiger partial charge >= 0.3 is 0 Å². The number of methoxy groups -OCH3 is 1. The molecule has 4 nitrogen and oxygen atoms in total. The average Bonchev–Trinajstić information content (AvgIpc) is 2.89. The van der Waals surface area contributed by atoms with Gasteiger partial charge in [-0.3, -0.25) is 0 Å². The van der Waals surface area contributed by atoms with Crippen molar-refractivity contribution in [1.29, 1.82) is 0 Å². The molecule has 5 heteroatoms. The molecule has 1 aliphatic heterocycles. The van der Waals surface area contributed by atoms with Crippen LogP contribution >= 0.6 is 11.6 Å². The first-order chi connectivity index (χ1) is 9.60. The lowest BCUT2D eigenvalue weighted by atomic mass is 10.1. The van der Waals surface area contributed by atoms with Crippen LogP contribution in [0.5, 0.6) is 11.5 Å². The Hall–Kier alpha value is -0.970.